The highest BCUT2D eigenvalue weighted by atomic mass is 35.5. The van der Waals surface area contributed by atoms with Gasteiger partial charge in [-0.25, -0.2) is 0 Å². The van der Waals surface area contributed by atoms with E-state index in [0.717, 1.165) is 11.1 Å². The van der Waals surface area contributed by atoms with Gasteiger partial charge in [-0.05, 0) is 42.7 Å². The van der Waals surface area contributed by atoms with Crippen molar-refractivity contribution in [1.29, 1.82) is 0 Å². The second-order valence-electron chi connectivity index (χ2n) is 7.00. The van der Waals surface area contributed by atoms with E-state index in [1.165, 1.54) is 15.7 Å². The third kappa shape index (κ3) is 5.25. The second-order valence-corrected chi connectivity index (χ2v) is 9.78. The summed E-state index contributed by atoms with van der Waals surface area (Å²) in [6.45, 7) is 2.42. The van der Waals surface area contributed by atoms with Crippen molar-refractivity contribution in [3.63, 3.8) is 0 Å². The lowest BCUT2D eigenvalue weighted by atomic mass is 10.2. The van der Waals surface area contributed by atoms with E-state index >= 15 is 0 Å². The third-order valence-electron chi connectivity index (χ3n) is 4.81. The van der Waals surface area contributed by atoms with Crippen LogP contribution in [0.3, 0.4) is 0 Å². The van der Waals surface area contributed by atoms with Crippen LogP contribution in [-0.2, 0) is 21.5 Å². The lowest BCUT2D eigenvalue weighted by Crippen LogP contribution is -2.51. The van der Waals surface area contributed by atoms with Gasteiger partial charge in [0.25, 0.3) is 10.2 Å². The molecule has 30 heavy (non-hydrogen) atoms. The topological polar surface area (TPSA) is 79.0 Å². The van der Waals surface area contributed by atoms with Crippen molar-refractivity contribution >= 4 is 45.0 Å². The molecule has 3 rings (SSSR count). The Morgan fingerprint density at radius 3 is 2.47 bits per heavy atom. The Bertz CT molecular complexity index is 1030. The molecule has 1 fully saturated rings. The van der Waals surface area contributed by atoms with Gasteiger partial charge in [0.15, 0.2) is 0 Å². The Balaban J connectivity index is 1.70. The number of nitrogens with zero attached hydrogens (tertiary/aromatic N) is 2. The van der Waals surface area contributed by atoms with Gasteiger partial charge < -0.3 is 10.1 Å². The van der Waals surface area contributed by atoms with Crippen molar-refractivity contribution in [3.05, 3.63) is 57.6 Å². The van der Waals surface area contributed by atoms with Crippen LogP contribution in [0.4, 0.5) is 5.69 Å². The number of ether oxygens (including phenoxy) is 1. The zero-order valence-corrected chi connectivity index (χ0v) is 19.0. The molecule has 0 radical (unpaired) electrons. The Hall–Kier alpha value is -1.84. The molecule has 2 aromatic carbocycles. The first-order chi connectivity index (χ1) is 14.2. The maximum absolute atomic E-state index is 13.0. The number of methoxy groups -OCH3 is 1. The van der Waals surface area contributed by atoms with Gasteiger partial charge in [-0.2, -0.15) is 17.0 Å². The van der Waals surface area contributed by atoms with Gasteiger partial charge >= 0.3 is 0 Å². The van der Waals surface area contributed by atoms with Gasteiger partial charge in [-0.1, -0.05) is 35.3 Å². The van der Waals surface area contributed by atoms with Crippen LogP contribution in [0.1, 0.15) is 17.5 Å². The summed E-state index contributed by atoms with van der Waals surface area (Å²) in [6, 6.07) is 10.3. The Morgan fingerprint density at radius 2 is 1.80 bits per heavy atom. The highest BCUT2D eigenvalue weighted by molar-refractivity contribution is 7.86. The number of hydrogen-bond donors (Lipinski definition) is 1. The van der Waals surface area contributed by atoms with Crippen LogP contribution in [0.15, 0.2) is 36.4 Å². The number of aryl methyl sites for hydroxylation is 1. The molecule has 1 amide bonds. The van der Waals surface area contributed by atoms with E-state index in [-0.39, 0.29) is 19.6 Å². The first kappa shape index (κ1) is 22.8. The molecular weight excluding hydrogens is 449 g/mol. The monoisotopic (exact) mass is 471 g/mol. The van der Waals surface area contributed by atoms with Crippen molar-refractivity contribution in [2.45, 2.75) is 19.9 Å². The SMILES string of the molecule is COc1cc(Cl)c(C)cc1NC(=O)CN1CCCN(Cc2ccc(Cl)cc2)S1(=O)=O. The van der Waals surface area contributed by atoms with Gasteiger partial charge in [0.05, 0.1) is 19.3 Å². The fourth-order valence-corrected chi connectivity index (χ4v) is 5.13. The maximum atomic E-state index is 13.0. The predicted octanol–water partition coefficient (Wildman–Crippen LogP) is 3.70. The molecule has 1 heterocycles. The first-order valence-electron chi connectivity index (χ1n) is 9.34. The standard InChI is InChI=1S/C20H23Cl2N3O4S/c1-14-10-18(19(29-2)11-17(14)22)23-20(26)13-25-9-3-8-24(30(25,27)28)12-15-4-6-16(21)7-5-15/h4-7,10-11H,3,8-9,12-13H2,1-2H3,(H,23,26). The normalized spacial score (nSPS) is 16.9. The van der Waals surface area contributed by atoms with Crippen LogP contribution in [-0.4, -0.2) is 49.7 Å². The molecule has 1 aliphatic heterocycles. The van der Waals surface area contributed by atoms with Gasteiger partial charge in [-0.15, -0.1) is 0 Å². The number of nitrogens with one attached hydrogen (secondary N) is 1. The zero-order chi connectivity index (χ0) is 21.9. The summed E-state index contributed by atoms with van der Waals surface area (Å²) in [7, 11) is -2.30. The fraction of sp³-hybridized carbons (Fsp3) is 0.350. The molecule has 0 bridgehead atoms. The van der Waals surface area contributed by atoms with Crippen LogP contribution in [0.5, 0.6) is 5.75 Å². The number of halogens is 2. The number of anilines is 1. The van der Waals surface area contributed by atoms with Gasteiger partial charge in [0.2, 0.25) is 5.91 Å². The number of amides is 1. The summed E-state index contributed by atoms with van der Waals surface area (Å²) < 4.78 is 33.8. The number of benzene rings is 2. The van der Waals surface area contributed by atoms with Crippen LogP contribution < -0.4 is 10.1 Å². The van der Waals surface area contributed by atoms with Crippen molar-refractivity contribution in [2.75, 3.05) is 32.1 Å². The summed E-state index contributed by atoms with van der Waals surface area (Å²) in [6.07, 6.45) is 0.628. The van der Waals surface area contributed by atoms with Gasteiger partial charge in [-0.3, -0.25) is 4.79 Å². The second kappa shape index (κ2) is 9.53. The molecular formula is C20H23Cl2N3O4S. The zero-order valence-electron chi connectivity index (χ0n) is 16.7. The first-order valence-corrected chi connectivity index (χ1v) is 11.5. The summed E-state index contributed by atoms with van der Waals surface area (Å²) in [5.74, 6) is -0.0447. The number of carbonyl (C=O) groups excluding carboxylic acids is 1. The van der Waals surface area contributed by atoms with Gasteiger partial charge in [0.1, 0.15) is 5.75 Å². The molecule has 0 atom stereocenters. The molecule has 1 aliphatic rings. The minimum absolute atomic E-state index is 0.224. The van der Waals surface area contributed by atoms with Crippen LogP contribution in [0.2, 0.25) is 10.0 Å². The molecule has 0 unspecified atom stereocenters. The van der Waals surface area contributed by atoms with Crippen molar-refractivity contribution in [2.24, 2.45) is 0 Å². The number of carbonyl (C=O) groups is 1. The Morgan fingerprint density at radius 1 is 1.13 bits per heavy atom. The van der Waals surface area contributed by atoms with E-state index in [4.69, 9.17) is 27.9 Å². The lowest BCUT2D eigenvalue weighted by Gasteiger charge is -2.34. The maximum Gasteiger partial charge on any atom is 0.282 e. The minimum atomic E-state index is -3.77. The molecule has 10 heteroatoms. The third-order valence-corrected chi connectivity index (χ3v) is 7.40. The number of hydrogen-bond acceptors (Lipinski definition) is 4. The van der Waals surface area contributed by atoms with E-state index in [0.29, 0.717) is 34.4 Å². The molecule has 0 aromatic heterocycles. The average Bonchev–Trinajstić information content (AvgIpc) is 2.69. The van der Waals surface area contributed by atoms with E-state index in [2.05, 4.69) is 5.32 Å². The van der Waals surface area contributed by atoms with Crippen molar-refractivity contribution in [3.8, 4) is 5.75 Å². The minimum Gasteiger partial charge on any atom is -0.495 e. The van der Waals surface area contributed by atoms with E-state index in [1.54, 1.807) is 43.3 Å². The molecule has 0 spiro atoms. The Kier molecular flexibility index (Phi) is 7.26. The van der Waals surface area contributed by atoms with Crippen molar-refractivity contribution < 1.29 is 17.9 Å². The Labute approximate surface area is 186 Å². The summed E-state index contributed by atoms with van der Waals surface area (Å²) in [5.41, 5.74) is 2.04. The van der Waals surface area contributed by atoms with Crippen LogP contribution in [0.25, 0.3) is 0 Å². The molecule has 7 nitrogen and oxygen atoms in total. The molecule has 2 aromatic rings. The summed E-state index contributed by atoms with van der Waals surface area (Å²) >= 11 is 12.0. The van der Waals surface area contributed by atoms with Crippen molar-refractivity contribution in [1.82, 2.24) is 8.61 Å². The van der Waals surface area contributed by atoms with Crippen LogP contribution in [0, 0.1) is 6.92 Å². The molecule has 162 valence electrons. The van der Waals surface area contributed by atoms with E-state index in [9.17, 15) is 13.2 Å². The largest absolute Gasteiger partial charge is 0.495 e. The quantitative estimate of drug-likeness (QED) is 0.696. The predicted molar refractivity (Wildman–Crippen MR) is 118 cm³/mol. The van der Waals surface area contributed by atoms with E-state index in [1.807, 2.05) is 0 Å². The molecule has 0 saturated carbocycles. The number of rotatable bonds is 6. The summed E-state index contributed by atoms with van der Waals surface area (Å²) in [5, 5.41) is 3.83. The van der Waals surface area contributed by atoms with E-state index < -0.39 is 16.1 Å². The molecule has 1 saturated heterocycles. The lowest BCUT2D eigenvalue weighted by molar-refractivity contribution is -0.116. The molecule has 0 aliphatic carbocycles. The fourth-order valence-electron chi connectivity index (χ4n) is 3.21. The average molecular weight is 472 g/mol. The summed E-state index contributed by atoms with van der Waals surface area (Å²) in [4.78, 5) is 12.6. The highest BCUT2D eigenvalue weighted by Gasteiger charge is 2.34. The highest BCUT2D eigenvalue weighted by Crippen LogP contribution is 2.31. The molecule has 1 N–H and O–H groups in total. The van der Waals surface area contributed by atoms with Gasteiger partial charge in [0, 0.05) is 35.7 Å². The van der Waals surface area contributed by atoms with Crippen LogP contribution >= 0.6 is 23.2 Å². The smallest absolute Gasteiger partial charge is 0.282 e.